The van der Waals surface area contributed by atoms with E-state index >= 15 is 0 Å². The van der Waals surface area contributed by atoms with E-state index in [0.29, 0.717) is 46.8 Å². The predicted octanol–water partition coefficient (Wildman–Crippen LogP) is 6.97. The van der Waals surface area contributed by atoms with Crippen LogP contribution in [0.4, 0.5) is 13.2 Å². The van der Waals surface area contributed by atoms with Gasteiger partial charge in [-0.1, -0.05) is 49.7 Å². The molecule has 0 saturated carbocycles. The van der Waals surface area contributed by atoms with Crippen LogP contribution in [0.1, 0.15) is 47.6 Å². The van der Waals surface area contributed by atoms with Gasteiger partial charge in [0.25, 0.3) is 0 Å². The first-order chi connectivity index (χ1) is 16.1. The predicted molar refractivity (Wildman–Crippen MR) is 125 cm³/mol. The van der Waals surface area contributed by atoms with E-state index in [9.17, 15) is 28.2 Å². The molecule has 34 heavy (non-hydrogen) atoms. The number of hydrogen-bond donors (Lipinski definition) is 3. The molecule has 0 aromatic heterocycles. The maximum Gasteiger partial charge on any atom is 0.417 e. The van der Waals surface area contributed by atoms with E-state index in [1.807, 2.05) is 6.92 Å². The molecule has 176 valence electrons. The maximum atomic E-state index is 13.9. The summed E-state index contributed by atoms with van der Waals surface area (Å²) in [5.41, 5.74) is 1.86. The van der Waals surface area contributed by atoms with Gasteiger partial charge in [0.05, 0.1) is 5.56 Å². The summed E-state index contributed by atoms with van der Waals surface area (Å²) in [6.45, 7) is 1.92. The Morgan fingerprint density at radius 2 is 1.35 bits per heavy atom. The number of phenols is 2. The molecule has 0 saturated heterocycles. The minimum atomic E-state index is -4.69. The molecule has 0 spiro atoms. The minimum Gasteiger partial charge on any atom is -0.508 e. The second kappa shape index (κ2) is 10.3. The van der Waals surface area contributed by atoms with Crippen LogP contribution in [-0.2, 0) is 11.0 Å². The smallest absolute Gasteiger partial charge is 0.417 e. The fraction of sp³-hybridized carbons (Fsp3) is 0.148. The zero-order valence-corrected chi connectivity index (χ0v) is 18.3. The molecule has 0 aliphatic carbocycles. The molecule has 0 heterocycles. The van der Waals surface area contributed by atoms with Crippen LogP contribution in [0, 0.1) is 0 Å². The molecular weight excluding hydrogens is 445 g/mol. The number of allylic oxidation sites excluding steroid dienone is 1. The van der Waals surface area contributed by atoms with Gasteiger partial charge in [0.15, 0.2) is 0 Å². The SMILES string of the molecule is CCCC(=C(c1ccc(O)cc1)c1ccc(O)cc1)c1ccc(C=CC(=O)O)c(C(F)(F)F)c1. The fourth-order valence-corrected chi connectivity index (χ4v) is 3.73. The average Bonchev–Trinajstić information content (AvgIpc) is 2.79. The van der Waals surface area contributed by atoms with Crippen molar-refractivity contribution in [2.24, 2.45) is 0 Å². The Hall–Kier alpha value is -4.00. The van der Waals surface area contributed by atoms with Crippen LogP contribution < -0.4 is 0 Å². The number of carboxylic acid groups (broad SMARTS) is 1. The van der Waals surface area contributed by atoms with Crippen molar-refractivity contribution in [2.75, 3.05) is 0 Å². The molecule has 3 aromatic rings. The van der Waals surface area contributed by atoms with Crippen molar-refractivity contribution in [1.82, 2.24) is 0 Å². The molecule has 3 N–H and O–H groups in total. The molecule has 0 radical (unpaired) electrons. The van der Waals surface area contributed by atoms with Gasteiger partial charge in [-0.3, -0.25) is 0 Å². The van der Waals surface area contributed by atoms with Crippen molar-refractivity contribution in [3.05, 3.63) is 101 Å². The Morgan fingerprint density at radius 1 is 0.853 bits per heavy atom. The molecule has 7 heteroatoms. The van der Waals surface area contributed by atoms with Crippen LogP contribution in [-0.4, -0.2) is 21.3 Å². The number of halogens is 3. The molecular formula is C27H23F3O4. The number of carbonyl (C=O) groups is 1. The molecule has 0 aliphatic heterocycles. The zero-order chi connectivity index (χ0) is 24.9. The molecule has 3 rings (SSSR count). The highest BCUT2D eigenvalue weighted by molar-refractivity contribution is 5.99. The second-order valence-electron chi connectivity index (χ2n) is 7.67. The van der Waals surface area contributed by atoms with Gasteiger partial charge >= 0.3 is 12.1 Å². The Labute approximate surface area is 194 Å². The molecule has 4 nitrogen and oxygen atoms in total. The zero-order valence-electron chi connectivity index (χ0n) is 18.3. The quantitative estimate of drug-likeness (QED) is 0.258. The number of phenolic OH excluding ortho intramolecular Hbond substituents is 2. The lowest BCUT2D eigenvalue weighted by molar-refractivity contribution is -0.138. The summed E-state index contributed by atoms with van der Waals surface area (Å²) in [5.74, 6) is -1.23. The normalized spacial score (nSPS) is 11.5. The summed E-state index contributed by atoms with van der Waals surface area (Å²) in [5, 5.41) is 28.3. The van der Waals surface area contributed by atoms with E-state index in [4.69, 9.17) is 5.11 Å². The maximum absolute atomic E-state index is 13.9. The molecule has 0 amide bonds. The first-order valence-electron chi connectivity index (χ1n) is 10.5. The number of hydrogen-bond acceptors (Lipinski definition) is 3. The number of benzene rings is 3. The third-order valence-electron chi connectivity index (χ3n) is 5.23. The lowest BCUT2D eigenvalue weighted by atomic mass is 9.86. The van der Waals surface area contributed by atoms with Gasteiger partial charge in [-0.15, -0.1) is 0 Å². The van der Waals surface area contributed by atoms with Crippen LogP contribution in [0.2, 0.25) is 0 Å². The third-order valence-corrected chi connectivity index (χ3v) is 5.23. The monoisotopic (exact) mass is 468 g/mol. The number of rotatable bonds is 7. The molecule has 3 aromatic carbocycles. The van der Waals surface area contributed by atoms with Gasteiger partial charge in [0.1, 0.15) is 11.5 Å². The van der Waals surface area contributed by atoms with Crippen molar-refractivity contribution in [2.45, 2.75) is 25.9 Å². The average molecular weight is 468 g/mol. The second-order valence-corrected chi connectivity index (χ2v) is 7.67. The highest BCUT2D eigenvalue weighted by atomic mass is 19.4. The van der Waals surface area contributed by atoms with Gasteiger partial charge in [0.2, 0.25) is 0 Å². The van der Waals surface area contributed by atoms with Gasteiger partial charge in [-0.05, 0) is 76.2 Å². The summed E-state index contributed by atoms with van der Waals surface area (Å²) in [6, 6.07) is 16.6. The van der Waals surface area contributed by atoms with E-state index in [0.717, 1.165) is 12.1 Å². The highest BCUT2D eigenvalue weighted by Gasteiger charge is 2.33. The lowest BCUT2D eigenvalue weighted by Crippen LogP contribution is -2.09. The Bertz CT molecular complexity index is 1170. The van der Waals surface area contributed by atoms with E-state index in [1.54, 1.807) is 30.3 Å². The molecule has 0 aliphatic rings. The third kappa shape index (κ3) is 5.86. The standard InChI is InChI=1S/C27H23F3O4/c1-2-3-23(20-5-4-17(10-15-25(33)34)24(16-20)27(28,29)30)26(18-6-11-21(31)12-7-18)19-8-13-22(32)14-9-19/h4-16,31-32H,2-3H2,1H3,(H,33,34). The summed E-state index contributed by atoms with van der Waals surface area (Å²) < 4.78 is 41.7. The van der Waals surface area contributed by atoms with E-state index in [2.05, 4.69) is 0 Å². The van der Waals surface area contributed by atoms with Crippen LogP contribution in [0.25, 0.3) is 17.2 Å². The molecule has 0 bridgehead atoms. The highest BCUT2D eigenvalue weighted by Crippen LogP contribution is 2.40. The Balaban J connectivity index is 2.32. The topological polar surface area (TPSA) is 77.8 Å². The van der Waals surface area contributed by atoms with E-state index in [-0.39, 0.29) is 17.1 Å². The van der Waals surface area contributed by atoms with Crippen LogP contribution >= 0.6 is 0 Å². The van der Waals surface area contributed by atoms with Crippen LogP contribution in [0.3, 0.4) is 0 Å². The van der Waals surface area contributed by atoms with Crippen molar-refractivity contribution < 1.29 is 33.3 Å². The Morgan fingerprint density at radius 3 is 1.79 bits per heavy atom. The largest absolute Gasteiger partial charge is 0.508 e. The molecule has 0 atom stereocenters. The first kappa shape index (κ1) is 24.6. The van der Waals surface area contributed by atoms with Crippen molar-refractivity contribution in [3.63, 3.8) is 0 Å². The summed E-state index contributed by atoms with van der Waals surface area (Å²) in [4.78, 5) is 10.8. The number of aliphatic carboxylic acids is 1. The van der Waals surface area contributed by atoms with Gasteiger partial charge in [-0.2, -0.15) is 13.2 Å². The Kier molecular flexibility index (Phi) is 7.46. The number of aromatic hydroxyl groups is 2. The van der Waals surface area contributed by atoms with Crippen molar-refractivity contribution >= 4 is 23.2 Å². The van der Waals surface area contributed by atoms with E-state index in [1.165, 1.54) is 30.3 Å². The number of carboxylic acids is 1. The number of alkyl halides is 3. The molecule has 0 fully saturated rings. The molecule has 0 unspecified atom stereocenters. The van der Waals surface area contributed by atoms with Gasteiger partial charge in [0, 0.05) is 6.08 Å². The lowest BCUT2D eigenvalue weighted by Gasteiger charge is -2.19. The fourth-order valence-electron chi connectivity index (χ4n) is 3.73. The van der Waals surface area contributed by atoms with Gasteiger partial charge in [-0.25, -0.2) is 4.79 Å². The summed E-state index contributed by atoms with van der Waals surface area (Å²) in [6.07, 6.45) is -1.98. The summed E-state index contributed by atoms with van der Waals surface area (Å²) in [7, 11) is 0. The first-order valence-corrected chi connectivity index (χ1v) is 10.5. The van der Waals surface area contributed by atoms with Crippen molar-refractivity contribution in [3.8, 4) is 11.5 Å². The minimum absolute atomic E-state index is 0.0553. The van der Waals surface area contributed by atoms with Crippen LogP contribution in [0.15, 0.2) is 72.8 Å². The van der Waals surface area contributed by atoms with Crippen LogP contribution in [0.5, 0.6) is 11.5 Å². The van der Waals surface area contributed by atoms with E-state index < -0.39 is 17.7 Å². The van der Waals surface area contributed by atoms with Crippen molar-refractivity contribution in [1.29, 1.82) is 0 Å². The summed E-state index contributed by atoms with van der Waals surface area (Å²) >= 11 is 0. The van der Waals surface area contributed by atoms with Gasteiger partial charge < -0.3 is 15.3 Å².